The van der Waals surface area contributed by atoms with Crippen molar-refractivity contribution in [2.24, 2.45) is 0 Å². The molecule has 7 aromatic carbocycles. The zero-order chi connectivity index (χ0) is 92.0. The Morgan fingerprint density at radius 3 is 1.25 bits per heavy atom. The molecule has 27 nitrogen and oxygen atoms in total. The summed E-state index contributed by atoms with van der Waals surface area (Å²) in [7, 11) is -10.2. The van der Waals surface area contributed by atoms with E-state index in [0.29, 0.717) is 105 Å². The summed E-state index contributed by atoms with van der Waals surface area (Å²) in [5.74, 6) is 1.70. The zero-order valence-corrected chi connectivity index (χ0v) is 79.7. The first-order chi connectivity index (χ1) is 62.5. The van der Waals surface area contributed by atoms with E-state index in [4.69, 9.17) is 48.4 Å². The molecule has 0 aliphatic carbocycles. The monoisotopic (exact) mass is 2080 g/mol. The molecule has 0 bridgehead atoms. The van der Waals surface area contributed by atoms with Crippen LogP contribution in [-0.2, 0) is 62.6 Å². The summed E-state index contributed by atoms with van der Waals surface area (Å²) < 4.78 is 152. The van der Waals surface area contributed by atoms with E-state index in [1.54, 1.807) is 189 Å². The van der Waals surface area contributed by atoms with Crippen LogP contribution in [0, 0.1) is 37.7 Å². The summed E-state index contributed by atoms with van der Waals surface area (Å²) in [6.07, 6.45) is 16.4. The van der Waals surface area contributed by atoms with Crippen LogP contribution in [0.15, 0.2) is 296 Å². The molecule has 0 unspecified atom stereocenters. The predicted octanol–water partition coefficient (Wildman–Crippen LogP) is 18.7. The molecule has 0 atom stereocenters. The van der Waals surface area contributed by atoms with E-state index in [1.165, 1.54) is 36.4 Å². The predicted molar refractivity (Wildman–Crippen MR) is 511 cm³/mol. The first-order valence-electron chi connectivity index (χ1n) is 40.9. The minimum atomic E-state index is -3.82. The van der Waals surface area contributed by atoms with E-state index in [-0.39, 0.29) is 37.9 Å². The summed E-state index contributed by atoms with van der Waals surface area (Å²) in [5.41, 5.74) is 6.57. The Morgan fingerprint density at radius 1 is 0.438 bits per heavy atom. The van der Waals surface area contributed by atoms with Crippen molar-refractivity contribution in [3.63, 3.8) is 0 Å². The first-order valence-corrected chi connectivity index (χ1v) is 50.2. The van der Waals surface area contributed by atoms with Crippen molar-refractivity contribution in [1.82, 2.24) is 36.8 Å². The van der Waals surface area contributed by atoms with Gasteiger partial charge >= 0.3 is 7.12 Å². The number of H-pyrrole nitrogens is 1. The second-order valence-corrected chi connectivity index (χ2v) is 41.6. The first kappa shape index (κ1) is 94.9. The summed E-state index contributed by atoms with van der Waals surface area (Å²) in [4.78, 5) is 20.8. The Kier molecular flexibility index (Phi) is 30.6. The Labute approximate surface area is 788 Å². The normalized spacial score (nSPS) is 15.3. The van der Waals surface area contributed by atoms with Crippen LogP contribution in [0.1, 0.15) is 82.9 Å². The van der Waals surface area contributed by atoms with Crippen molar-refractivity contribution in [2.45, 2.75) is 115 Å². The maximum absolute atomic E-state index is 13.4. The van der Waals surface area contributed by atoms with Gasteiger partial charge in [0.2, 0.25) is 0 Å². The second kappa shape index (κ2) is 41.9. The Bertz CT molecular complexity index is 7180. The van der Waals surface area contributed by atoms with Gasteiger partial charge in [-0.2, -0.15) is 15.8 Å². The topological polar surface area (TPSA) is 364 Å². The van der Waals surface area contributed by atoms with Gasteiger partial charge in [0.05, 0.1) is 90.8 Å². The van der Waals surface area contributed by atoms with E-state index in [0.717, 1.165) is 91.6 Å². The smallest absolute Gasteiger partial charge is 0.489 e. The van der Waals surface area contributed by atoms with E-state index in [1.807, 2.05) is 105 Å². The van der Waals surface area contributed by atoms with E-state index >= 15 is 0 Å². The number of rotatable bonds is 16. The maximum Gasteiger partial charge on any atom is 0.494 e. The van der Waals surface area contributed by atoms with E-state index in [9.17, 15) is 49.5 Å². The molecule has 0 saturated carbocycles. The molecule has 130 heavy (non-hydrogen) atoms. The standard InChI is InChI=1S/C25H20IN3O4S.C25H21N3O4S.C18H24BNO4.C13H9BrN2O2S.C7H5BrN2.C6H5ClO2S/c26-24-15-22-21(8-11-28-25(22)29(24)34(30,31)20-4-2-1-3-5-20)17-6-7-23(18(14-17)16-27)33-19-9-12-32-13-10-19;26-17-19-16-18(6-7-24(19)32-20-10-14-31-15-11-20)22-8-12-27-25-23(22)9-13-28(25)33(29,30)21-4-2-1-3-5-21;1-17(2)18(3,4)24-19(23-17)14-5-6-16(13(11-14)12-20)22-15-7-9-21-10-8-15;14-12-6-8-15-13-11(12)7-9-16(13)19(17,18)10-4-2-1-3-5-10;8-6-2-4-10-7-5(6)1-3-9-7;7-10(8,9)6-4-2-1-3-5-6/h1-8,11,14-15,19H,9-10,12-13H2;1-9,12-13,16,20H,10-11,14-15H2;5-6,11,15H,7-10H2,1-4H3;1-9H;1-4H,(H,9,10);1-5H. The lowest BCUT2D eigenvalue weighted by Crippen LogP contribution is -2.41. The highest BCUT2D eigenvalue weighted by Gasteiger charge is 2.52. The number of hydrogen-bond donors (Lipinski definition) is 1. The third-order valence-electron chi connectivity index (χ3n) is 21.8. The Morgan fingerprint density at radius 2 is 0.815 bits per heavy atom. The van der Waals surface area contributed by atoms with Crippen LogP contribution in [-0.4, -0.2) is 147 Å². The number of aromatic amines is 1. The maximum atomic E-state index is 13.4. The average Bonchev–Trinajstić information content (AvgIpc) is 1.75. The van der Waals surface area contributed by atoms with Gasteiger partial charge in [-0.1, -0.05) is 91.0 Å². The van der Waals surface area contributed by atoms with E-state index in [2.05, 4.69) is 75.0 Å². The van der Waals surface area contributed by atoms with Gasteiger partial charge in [0, 0.05) is 123 Å². The number of nitrogens with one attached hydrogen (secondary N) is 1. The number of nitrogens with zero attached hydrogens (tertiary/aromatic N) is 10. The number of pyridine rings is 4. The third-order valence-corrected chi connectivity index (χ3v) is 30.8. The van der Waals surface area contributed by atoms with Crippen LogP contribution in [0.4, 0.5) is 0 Å². The highest BCUT2D eigenvalue weighted by Crippen LogP contribution is 2.40. The molecule has 0 amide bonds. The molecule has 4 saturated heterocycles. The van der Waals surface area contributed by atoms with Gasteiger partial charge in [-0.05, 0) is 243 Å². The molecule has 666 valence electrons. The molecule has 12 heterocycles. The lowest BCUT2D eigenvalue weighted by Gasteiger charge is -2.32. The molecule has 4 fully saturated rings. The van der Waals surface area contributed by atoms with Gasteiger partial charge in [0.1, 0.15) is 59.4 Å². The highest BCUT2D eigenvalue weighted by atomic mass is 127. The molecule has 4 aliphatic heterocycles. The van der Waals surface area contributed by atoms with Gasteiger partial charge in [-0.25, -0.2) is 65.5 Å². The van der Waals surface area contributed by atoms with Crippen LogP contribution in [0.2, 0.25) is 0 Å². The van der Waals surface area contributed by atoms with E-state index < -0.39 is 57.4 Å². The van der Waals surface area contributed by atoms with Crippen molar-refractivity contribution in [3.8, 4) is 57.7 Å². The fraction of sp³-hybridized carbons (Fsp3) is 0.223. The summed E-state index contributed by atoms with van der Waals surface area (Å²) >= 11 is 8.81. The van der Waals surface area contributed by atoms with Crippen molar-refractivity contribution in [3.05, 3.63) is 297 Å². The molecule has 15 aromatic rings. The largest absolute Gasteiger partial charge is 0.494 e. The number of halogens is 4. The van der Waals surface area contributed by atoms with Crippen LogP contribution < -0.4 is 19.7 Å². The summed E-state index contributed by atoms with van der Waals surface area (Å²) in [6, 6.07) is 70.5. The molecule has 0 spiro atoms. The van der Waals surface area contributed by atoms with Gasteiger partial charge < -0.3 is 42.7 Å². The lowest BCUT2D eigenvalue weighted by atomic mass is 9.78. The molecular formula is C94H84BBr2ClIN11O16S4. The Hall–Kier alpha value is -11.2. The third kappa shape index (κ3) is 22.0. The van der Waals surface area contributed by atoms with Crippen LogP contribution in [0.3, 0.4) is 0 Å². The van der Waals surface area contributed by atoms with Crippen molar-refractivity contribution < 1.29 is 71.4 Å². The number of benzene rings is 7. The number of aromatic nitrogens is 8. The van der Waals surface area contributed by atoms with Crippen LogP contribution in [0.25, 0.3) is 66.4 Å². The molecule has 4 aliphatic rings. The average molecular weight is 2090 g/mol. The fourth-order valence-electron chi connectivity index (χ4n) is 14.3. The Balaban J connectivity index is 0.000000132. The molecule has 8 aromatic heterocycles. The second-order valence-electron chi connectivity index (χ2n) is 30.8. The molecule has 19 rings (SSSR count). The molecule has 36 heteroatoms. The van der Waals surface area contributed by atoms with Crippen molar-refractivity contribution in [1.29, 1.82) is 15.8 Å². The van der Waals surface area contributed by atoms with Gasteiger partial charge in [-0.15, -0.1) is 0 Å². The summed E-state index contributed by atoms with van der Waals surface area (Å²) in [5, 5.41) is 32.2. The summed E-state index contributed by atoms with van der Waals surface area (Å²) in [6.45, 7) is 12.1. The number of nitriles is 3. The van der Waals surface area contributed by atoms with Gasteiger partial charge in [-0.3, -0.25) is 0 Å². The minimum Gasteiger partial charge on any atom is -0.489 e. The number of fused-ring (bicyclic) bond motifs is 4. The van der Waals surface area contributed by atoms with Crippen molar-refractivity contribution >= 4 is 161 Å². The zero-order valence-electron chi connectivity index (χ0n) is 70.3. The lowest BCUT2D eigenvalue weighted by molar-refractivity contribution is 0.00578. The SMILES string of the molecule is Brc1ccnc2[nH]ccc12.CC1(C)OB(c2ccc(OC3CCOCC3)c(C#N)c2)OC1(C)C.N#Cc1cc(-c2ccnc3c2cc(I)n3S(=O)(=O)c2ccccc2)ccc1OC1CCOCC1.N#Cc1cc(-c2ccnc3c2ccn3S(=O)(=O)c2ccccc2)ccc1OC1CCOCC1.O=S(=O)(Cl)c1ccccc1.O=S(=O)(c1ccccc1)n1ccc2c(Br)ccnc21. The van der Waals surface area contributed by atoms with Gasteiger partial charge in [0.25, 0.3) is 39.1 Å². The minimum absolute atomic E-state index is 0.0261. The molecular weight excluding hydrogens is 2000 g/mol. The van der Waals surface area contributed by atoms with Crippen LogP contribution >= 0.6 is 65.1 Å². The number of ether oxygens (including phenoxy) is 6. The molecule has 1 N–H and O–H groups in total. The highest BCUT2D eigenvalue weighted by molar-refractivity contribution is 14.1. The van der Waals surface area contributed by atoms with Gasteiger partial charge in [0.15, 0.2) is 16.9 Å². The quantitative estimate of drug-likeness (QED) is 0.0533. The molecule has 0 radical (unpaired) electrons. The van der Waals surface area contributed by atoms with Crippen molar-refractivity contribution in [2.75, 3.05) is 39.6 Å². The number of hydrogen-bond acceptors (Lipinski definition) is 23. The van der Waals surface area contributed by atoms with Crippen LogP contribution in [0.5, 0.6) is 17.2 Å². The fourth-order valence-corrected chi connectivity index (χ4v) is 21.3.